The number of carbonyl (C=O) groups is 3. The summed E-state index contributed by atoms with van der Waals surface area (Å²) in [7, 11) is 1.23. The van der Waals surface area contributed by atoms with Crippen LogP contribution in [0.5, 0.6) is 0 Å². The number of hydrogen-bond donors (Lipinski definition) is 2. The molecule has 2 amide bonds. The monoisotopic (exact) mass is 350 g/mol. The van der Waals surface area contributed by atoms with E-state index in [-0.39, 0.29) is 21.3 Å². The van der Waals surface area contributed by atoms with Crippen LogP contribution >= 0.6 is 11.3 Å². The number of thiophene rings is 1. The third kappa shape index (κ3) is 3.16. The zero-order valence-electron chi connectivity index (χ0n) is 13.7. The van der Waals surface area contributed by atoms with Crippen molar-refractivity contribution in [3.8, 4) is 0 Å². The molecule has 0 spiro atoms. The predicted octanol–water partition coefficient (Wildman–Crippen LogP) is 1.65. The van der Waals surface area contributed by atoms with Gasteiger partial charge in [-0.1, -0.05) is 0 Å². The van der Waals surface area contributed by atoms with Gasteiger partial charge >= 0.3 is 5.97 Å². The van der Waals surface area contributed by atoms with Gasteiger partial charge in [0.05, 0.1) is 17.6 Å². The van der Waals surface area contributed by atoms with Crippen LogP contribution in [0.2, 0.25) is 0 Å². The first-order valence-corrected chi connectivity index (χ1v) is 7.92. The van der Waals surface area contributed by atoms with E-state index in [2.05, 4.69) is 10.4 Å². The Labute approximate surface area is 142 Å². The van der Waals surface area contributed by atoms with Gasteiger partial charge in [0.15, 0.2) is 0 Å². The second-order valence-electron chi connectivity index (χ2n) is 5.20. The van der Waals surface area contributed by atoms with Crippen molar-refractivity contribution in [2.24, 2.45) is 5.73 Å². The number of carbonyl (C=O) groups excluding carboxylic acids is 3. The summed E-state index contributed by atoms with van der Waals surface area (Å²) < 4.78 is 6.29. The van der Waals surface area contributed by atoms with Gasteiger partial charge in [0.2, 0.25) is 5.91 Å². The molecule has 3 N–H and O–H groups in total. The molecule has 2 aromatic rings. The van der Waals surface area contributed by atoms with E-state index in [0.29, 0.717) is 5.56 Å². The van der Waals surface area contributed by atoms with Crippen molar-refractivity contribution in [2.45, 2.75) is 26.8 Å². The summed E-state index contributed by atoms with van der Waals surface area (Å²) >= 11 is 0.948. The molecule has 0 bridgehead atoms. The van der Waals surface area contributed by atoms with Crippen LogP contribution in [0.3, 0.4) is 0 Å². The third-order valence-corrected chi connectivity index (χ3v) is 4.83. The van der Waals surface area contributed by atoms with Crippen molar-refractivity contribution in [3.63, 3.8) is 0 Å². The first kappa shape index (κ1) is 17.7. The van der Waals surface area contributed by atoms with Crippen molar-refractivity contribution in [1.82, 2.24) is 9.78 Å². The van der Waals surface area contributed by atoms with Crippen molar-refractivity contribution in [2.75, 3.05) is 12.4 Å². The van der Waals surface area contributed by atoms with Gasteiger partial charge in [-0.3, -0.25) is 14.3 Å². The zero-order chi connectivity index (χ0) is 18.0. The van der Waals surface area contributed by atoms with Crippen LogP contribution < -0.4 is 11.1 Å². The van der Waals surface area contributed by atoms with Gasteiger partial charge in [-0.2, -0.15) is 5.10 Å². The average Bonchev–Trinajstić information content (AvgIpc) is 3.09. The topological polar surface area (TPSA) is 116 Å². The fourth-order valence-electron chi connectivity index (χ4n) is 2.30. The first-order valence-electron chi connectivity index (χ1n) is 7.10. The Kier molecular flexibility index (Phi) is 5.03. The number of rotatable bonds is 5. The third-order valence-electron chi connectivity index (χ3n) is 3.61. The molecule has 0 aliphatic rings. The first-order chi connectivity index (χ1) is 11.3. The number of amides is 2. The van der Waals surface area contributed by atoms with E-state index >= 15 is 0 Å². The average molecular weight is 350 g/mol. The Hall–Kier alpha value is -2.68. The highest BCUT2D eigenvalue weighted by Gasteiger charge is 2.27. The minimum absolute atomic E-state index is 0.133. The molecule has 0 saturated carbocycles. The molecule has 0 aliphatic carbocycles. The minimum Gasteiger partial charge on any atom is -0.465 e. The number of esters is 1. The van der Waals surface area contributed by atoms with E-state index < -0.39 is 17.9 Å². The number of nitrogens with one attached hydrogen (secondary N) is 1. The van der Waals surface area contributed by atoms with Crippen LogP contribution in [-0.2, 0) is 9.53 Å². The number of hydrogen-bond acceptors (Lipinski definition) is 6. The molecule has 0 radical (unpaired) electrons. The molecular weight excluding hydrogens is 332 g/mol. The van der Waals surface area contributed by atoms with E-state index in [4.69, 9.17) is 10.5 Å². The SMILES string of the molecule is COC(=O)c1c(NC(=O)C(C)n2nccc2C)sc(C(N)=O)c1C. The van der Waals surface area contributed by atoms with Crippen LogP contribution in [0, 0.1) is 13.8 Å². The molecule has 0 aliphatic heterocycles. The molecule has 2 rings (SSSR count). The highest BCUT2D eigenvalue weighted by Crippen LogP contribution is 2.33. The lowest BCUT2D eigenvalue weighted by molar-refractivity contribution is -0.119. The number of anilines is 1. The Balaban J connectivity index is 2.36. The summed E-state index contributed by atoms with van der Waals surface area (Å²) in [5.74, 6) is -1.68. The van der Waals surface area contributed by atoms with Crippen LogP contribution in [0.4, 0.5) is 5.00 Å². The summed E-state index contributed by atoms with van der Waals surface area (Å²) in [6.45, 7) is 5.10. The van der Waals surface area contributed by atoms with Gasteiger partial charge < -0.3 is 15.8 Å². The summed E-state index contributed by atoms with van der Waals surface area (Å²) in [5.41, 5.74) is 6.66. The highest BCUT2D eigenvalue weighted by atomic mass is 32.1. The van der Waals surface area contributed by atoms with E-state index in [0.717, 1.165) is 17.0 Å². The molecule has 9 heteroatoms. The number of primary amides is 1. The normalized spacial score (nSPS) is 11.8. The molecule has 128 valence electrons. The predicted molar refractivity (Wildman–Crippen MR) is 89.2 cm³/mol. The molecule has 0 fully saturated rings. The largest absolute Gasteiger partial charge is 0.465 e. The van der Waals surface area contributed by atoms with Crippen LogP contribution in [0.15, 0.2) is 12.3 Å². The fourth-order valence-corrected chi connectivity index (χ4v) is 3.35. The maximum Gasteiger partial charge on any atom is 0.341 e. The van der Waals surface area contributed by atoms with E-state index in [1.54, 1.807) is 30.8 Å². The lowest BCUT2D eigenvalue weighted by Gasteiger charge is -2.14. The highest BCUT2D eigenvalue weighted by molar-refractivity contribution is 7.18. The van der Waals surface area contributed by atoms with E-state index in [1.165, 1.54) is 7.11 Å². The quantitative estimate of drug-likeness (QED) is 0.795. The smallest absolute Gasteiger partial charge is 0.341 e. The summed E-state index contributed by atoms with van der Waals surface area (Å²) in [5, 5.41) is 7.00. The number of nitrogens with zero attached hydrogens (tertiary/aromatic N) is 2. The van der Waals surface area contributed by atoms with Gasteiger partial charge in [-0.15, -0.1) is 11.3 Å². The molecule has 1 unspecified atom stereocenters. The Morgan fingerprint density at radius 2 is 2.04 bits per heavy atom. The summed E-state index contributed by atoms with van der Waals surface area (Å²) in [6.07, 6.45) is 1.60. The molecule has 0 saturated heterocycles. The zero-order valence-corrected chi connectivity index (χ0v) is 14.6. The number of nitrogens with two attached hydrogens (primary N) is 1. The van der Waals surface area contributed by atoms with Crippen molar-refractivity contribution in [3.05, 3.63) is 34.0 Å². The number of methoxy groups -OCH3 is 1. The standard InChI is InChI=1S/C15H18N4O4S/c1-7-5-6-17-19(7)9(3)13(21)18-14-10(15(22)23-4)8(2)11(24-14)12(16)20/h5-6,9H,1-4H3,(H2,16,20)(H,18,21). The Bertz CT molecular complexity index is 809. The second kappa shape index (κ2) is 6.83. The molecule has 2 heterocycles. The fraction of sp³-hybridized carbons (Fsp3) is 0.333. The van der Waals surface area contributed by atoms with Gasteiger partial charge in [-0.25, -0.2) is 4.79 Å². The molecule has 0 aromatic carbocycles. The lowest BCUT2D eigenvalue weighted by Crippen LogP contribution is -2.25. The van der Waals surface area contributed by atoms with Crippen molar-refractivity contribution in [1.29, 1.82) is 0 Å². The summed E-state index contributed by atoms with van der Waals surface area (Å²) in [4.78, 5) is 36.2. The van der Waals surface area contributed by atoms with Gasteiger partial charge in [0.1, 0.15) is 11.0 Å². The molecule has 8 nitrogen and oxygen atoms in total. The minimum atomic E-state index is -0.667. The number of aryl methyl sites for hydroxylation is 1. The molecular formula is C15H18N4O4S. The van der Waals surface area contributed by atoms with Gasteiger partial charge in [0, 0.05) is 11.9 Å². The lowest BCUT2D eigenvalue weighted by atomic mass is 10.1. The van der Waals surface area contributed by atoms with Gasteiger partial charge in [0.25, 0.3) is 5.91 Å². The van der Waals surface area contributed by atoms with Crippen LogP contribution in [0.1, 0.15) is 44.3 Å². The van der Waals surface area contributed by atoms with Gasteiger partial charge in [-0.05, 0) is 32.4 Å². The second-order valence-corrected chi connectivity index (χ2v) is 6.22. The Morgan fingerprint density at radius 1 is 1.38 bits per heavy atom. The van der Waals surface area contributed by atoms with Crippen molar-refractivity contribution >= 4 is 34.1 Å². The number of ether oxygens (including phenoxy) is 1. The van der Waals surface area contributed by atoms with E-state index in [1.807, 2.05) is 6.92 Å². The van der Waals surface area contributed by atoms with Crippen LogP contribution in [-0.4, -0.2) is 34.7 Å². The summed E-state index contributed by atoms with van der Waals surface area (Å²) in [6, 6.07) is 1.19. The molecule has 2 aromatic heterocycles. The van der Waals surface area contributed by atoms with E-state index in [9.17, 15) is 14.4 Å². The van der Waals surface area contributed by atoms with Crippen LogP contribution in [0.25, 0.3) is 0 Å². The number of aromatic nitrogens is 2. The molecule has 1 atom stereocenters. The van der Waals surface area contributed by atoms with Crippen molar-refractivity contribution < 1.29 is 19.1 Å². The Morgan fingerprint density at radius 3 is 2.54 bits per heavy atom. The molecule has 24 heavy (non-hydrogen) atoms. The maximum absolute atomic E-state index is 12.5. The maximum atomic E-state index is 12.5.